The molecule has 0 saturated heterocycles. The van der Waals surface area contributed by atoms with Crippen LogP contribution in [0.4, 0.5) is 0 Å². The van der Waals surface area contributed by atoms with Gasteiger partial charge in [0.1, 0.15) is 0 Å². The molecule has 82 valence electrons. The first-order chi connectivity index (χ1) is 5.41. The third-order valence-electron chi connectivity index (χ3n) is 1.74. The zero-order valence-corrected chi connectivity index (χ0v) is 11.8. The van der Waals surface area contributed by atoms with Gasteiger partial charge in [-0.2, -0.15) is 9.24 Å². The number of hydrogen-bond acceptors (Lipinski definition) is 0. The zero-order chi connectivity index (χ0) is 10.9. The van der Waals surface area contributed by atoms with E-state index in [2.05, 4.69) is 47.1 Å². The smallest absolute Gasteiger partial charge is 0.00540 e. The van der Waals surface area contributed by atoms with Gasteiger partial charge in [0.25, 0.3) is 0 Å². The molecule has 2 heteroatoms. The van der Waals surface area contributed by atoms with Gasteiger partial charge in [-0.05, 0) is 35.5 Å². The maximum Gasteiger partial charge on any atom is -0.00540 e. The van der Waals surface area contributed by atoms with Crippen molar-refractivity contribution in [2.45, 2.75) is 41.0 Å². The monoisotopic (exact) mass is 224 g/mol. The molecule has 0 unspecified atom stereocenters. The van der Waals surface area contributed by atoms with E-state index in [4.69, 9.17) is 10.7 Å². The summed E-state index contributed by atoms with van der Waals surface area (Å²) in [5, 5.41) is 0. The van der Waals surface area contributed by atoms with Crippen LogP contribution < -0.4 is 0 Å². The Labute approximate surface area is 90.3 Å². The van der Waals surface area contributed by atoms with E-state index in [-0.39, 0.29) is 0 Å². The lowest BCUT2D eigenvalue weighted by atomic mass is 9.77. The summed E-state index contributed by atoms with van der Waals surface area (Å²) in [7, 11) is 5.45. The van der Waals surface area contributed by atoms with Crippen molar-refractivity contribution in [3.05, 3.63) is 0 Å². The molecule has 0 nitrogen and oxygen atoms in total. The van der Waals surface area contributed by atoms with Crippen LogP contribution in [0.25, 0.3) is 0 Å². The van der Waals surface area contributed by atoms with Crippen molar-refractivity contribution in [1.82, 2.24) is 0 Å². The van der Waals surface area contributed by atoms with Gasteiger partial charge in [0.05, 0.1) is 0 Å². The van der Waals surface area contributed by atoms with Gasteiger partial charge >= 0.3 is 0 Å². The van der Waals surface area contributed by atoms with Crippen molar-refractivity contribution in [2.75, 3.05) is 18.3 Å². The van der Waals surface area contributed by atoms with E-state index in [1.807, 2.05) is 0 Å². The van der Waals surface area contributed by atoms with Gasteiger partial charge in [0.15, 0.2) is 0 Å². The van der Waals surface area contributed by atoms with Gasteiger partial charge in [0.2, 0.25) is 0 Å². The highest BCUT2D eigenvalue weighted by Crippen LogP contribution is 2.52. The Bertz CT molecular complexity index is 142. The Kier molecular flexibility index (Phi) is 4.22. The molecule has 0 N–H and O–H groups in total. The number of rotatable bonds is 3. The normalized spacial score (nSPS) is 16.0. The van der Waals surface area contributed by atoms with Gasteiger partial charge in [0, 0.05) is 0 Å². The zero-order valence-electron chi connectivity index (χ0n) is 10.2. The highest BCUT2D eigenvalue weighted by Gasteiger charge is 2.28. The average Bonchev–Trinajstić information content (AvgIpc) is 1.43. The predicted octanol–water partition coefficient (Wildman–Crippen LogP) is 4.67. The Morgan fingerprint density at radius 2 is 1.38 bits per heavy atom. The van der Waals surface area contributed by atoms with E-state index in [0.717, 1.165) is 5.75 Å². The number of hydrogen-bond donors (Lipinski definition) is 0. The average molecular weight is 225 g/mol. The van der Waals surface area contributed by atoms with Gasteiger partial charge in [-0.15, -0.1) is 0 Å². The molecule has 0 aromatic rings. The van der Waals surface area contributed by atoms with Crippen LogP contribution in [0, 0.1) is 10.8 Å². The Morgan fingerprint density at radius 1 is 1.00 bits per heavy atom. The second-order valence-corrected chi connectivity index (χ2v) is 12.1. The van der Waals surface area contributed by atoms with E-state index >= 15 is 0 Å². The van der Waals surface area contributed by atoms with Crippen LogP contribution in [-0.4, -0.2) is 18.3 Å². The second-order valence-electron chi connectivity index (χ2n) is 6.45. The Hall–Kier alpha value is 0.640. The van der Waals surface area contributed by atoms with E-state index in [0.29, 0.717) is 10.8 Å². The van der Waals surface area contributed by atoms with Crippen molar-refractivity contribution in [3.8, 4) is 0 Å². The maximum atomic E-state index is 6.33. The van der Waals surface area contributed by atoms with E-state index in [1.165, 1.54) is 6.42 Å². The molecule has 0 aliphatic rings. The molecule has 0 saturated carbocycles. The molecule has 0 aliphatic carbocycles. The molecule has 0 aromatic heterocycles. The van der Waals surface area contributed by atoms with Gasteiger partial charge in [-0.25, -0.2) is 0 Å². The third-order valence-corrected chi connectivity index (χ3v) is 3.54. The summed E-state index contributed by atoms with van der Waals surface area (Å²) in [5.74, 6) is 1.15. The molecule has 0 atom stereocenters. The summed E-state index contributed by atoms with van der Waals surface area (Å²) in [6.07, 6.45) is 5.60. The highest BCUT2D eigenvalue weighted by molar-refractivity contribution is 8.50. The van der Waals surface area contributed by atoms with Crippen molar-refractivity contribution in [1.29, 1.82) is 0 Å². The van der Waals surface area contributed by atoms with Crippen LogP contribution in [0.15, 0.2) is 0 Å². The first-order valence-electron chi connectivity index (χ1n) is 4.82. The largest absolute Gasteiger partial charge is 0.168 e. The minimum absolute atomic E-state index is 0.374. The molecular formula is C11H25ClS. The molecule has 0 aliphatic heterocycles. The highest BCUT2D eigenvalue weighted by atomic mass is 35.7. The lowest BCUT2D eigenvalue weighted by Gasteiger charge is -2.38. The maximum absolute atomic E-state index is 6.33. The summed E-state index contributed by atoms with van der Waals surface area (Å²) in [6, 6.07) is 0. The molecule has 0 bridgehead atoms. The minimum atomic E-state index is -0.882. The van der Waals surface area contributed by atoms with Crippen LogP contribution in [0.3, 0.4) is 0 Å². The molecule has 0 spiro atoms. The summed E-state index contributed by atoms with van der Waals surface area (Å²) in [6.45, 7) is 11.5. The molecule has 0 aromatic carbocycles. The fourth-order valence-electron chi connectivity index (χ4n) is 2.42. The Morgan fingerprint density at radius 3 is 1.62 bits per heavy atom. The minimum Gasteiger partial charge on any atom is -0.168 e. The second kappa shape index (κ2) is 4.02. The van der Waals surface area contributed by atoms with Crippen molar-refractivity contribution >= 4 is 19.9 Å². The summed E-state index contributed by atoms with van der Waals surface area (Å²) >= 11 is 0. The molecule has 0 fully saturated rings. The van der Waals surface area contributed by atoms with Crippen LogP contribution in [-0.2, 0) is 0 Å². The van der Waals surface area contributed by atoms with Crippen LogP contribution in [0.1, 0.15) is 41.0 Å². The topological polar surface area (TPSA) is 0 Å². The van der Waals surface area contributed by atoms with E-state index in [1.54, 1.807) is 0 Å². The molecule has 0 rings (SSSR count). The SMILES string of the molecule is CC(C)(C)CC(C)(C)CS(C)(C)Cl. The Balaban J connectivity index is 4.25. The first-order valence-corrected chi connectivity index (χ1v) is 8.26. The van der Waals surface area contributed by atoms with Crippen LogP contribution in [0.2, 0.25) is 0 Å². The lowest BCUT2D eigenvalue weighted by Crippen LogP contribution is -2.25. The first kappa shape index (κ1) is 13.6. The van der Waals surface area contributed by atoms with Crippen molar-refractivity contribution in [3.63, 3.8) is 0 Å². The van der Waals surface area contributed by atoms with Gasteiger partial charge in [-0.1, -0.05) is 45.3 Å². The molecule has 0 heterocycles. The summed E-state index contributed by atoms with van der Waals surface area (Å²) in [4.78, 5) is 0. The van der Waals surface area contributed by atoms with Crippen LogP contribution in [0.5, 0.6) is 0 Å². The van der Waals surface area contributed by atoms with Crippen LogP contribution >= 0.6 is 19.9 Å². The fourth-order valence-corrected chi connectivity index (χ4v) is 5.26. The van der Waals surface area contributed by atoms with E-state index in [9.17, 15) is 0 Å². The summed E-state index contributed by atoms with van der Waals surface area (Å²) < 4.78 is 0. The molecule has 13 heavy (non-hydrogen) atoms. The van der Waals surface area contributed by atoms with Crippen molar-refractivity contribution in [2.24, 2.45) is 10.8 Å². The third kappa shape index (κ3) is 8.96. The number of halogens is 1. The lowest BCUT2D eigenvalue weighted by molar-refractivity contribution is 0.238. The molecule has 0 radical (unpaired) electrons. The standard InChI is InChI=1S/C11H25ClS/c1-10(2,3)8-11(4,5)9-13(6,7)12/h8-9H2,1-7H3. The molecular weight excluding hydrogens is 200 g/mol. The van der Waals surface area contributed by atoms with E-state index < -0.39 is 9.24 Å². The van der Waals surface area contributed by atoms with Gasteiger partial charge < -0.3 is 0 Å². The fraction of sp³-hybridized carbons (Fsp3) is 1.00. The molecule has 0 amide bonds. The van der Waals surface area contributed by atoms with Gasteiger partial charge in [-0.3, -0.25) is 0 Å². The quantitative estimate of drug-likeness (QED) is 0.654. The summed E-state index contributed by atoms with van der Waals surface area (Å²) in [5.41, 5.74) is 0.782. The van der Waals surface area contributed by atoms with Crippen molar-refractivity contribution < 1.29 is 0 Å². The predicted molar refractivity (Wildman–Crippen MR) is 68.0 cm³/mol.